The molecule has 1 aliphatic carbocycles. The molecule has 4 rings (SSSR count). The van der Waals surface area contributed by atoms with Crippen molar-refractivity contribution in [3.05, 3.63) is 68.7 Å². The van der Waals surface area contributed by atoms with Crippen LogP contribution in [0, 0.1) is 6.92 Å². The topological polar surface area (TPSA) is 119 Å². The minimum atomic E-state index is -0.676. The number of thiophene rings is 1. The molecule has 3 aromatic rings. The Balaban J connectivity index is 1.38. The number of imidazole rings is 1. The Morgan fingerprint density at radius 3 is 2.48 bits per heavy atom. The van der Waals surface area contributed by atoms with Crippen molar-refractivity contribution >= 4 is 34.2 Å². The first-order valence-corrected chi connectivity index (χ1v) is 11.4. The smallest absolute Gasteiger partial charge is 0.341 e. The lowest BCUT2D eigenvalue weighted by Gasteiger charge is -2.09. The molecule has 0 bridgehead atoms. The summed E-state index contributed by atoms with van der Waals surface area (Å²) in [4.78, 5) is 51.6. The molecular weight excluding hydrogens is 446 g/mol. The van der Waals surface area contributed by atoms with Gasteiger partial charge in [0.2, 0.25) is 0 Å². The maximum absolute atomic E-state index is 12.4. The third-order valence-corrected chi connectivity index (χ3v) is 6.14. The Morgan fingerprint density at radius 1 is 1.15 bits per heavy atom. The average molecular weight is 470 g/mol. The van der Waals surface area contributed by atoms with Gasteiger partial charge in [-0.05, 0) is 67.8 Å². The second-order valence-corrected chi connectivity index (χ2v) is 8.51. The Morgan fingerprint density at radius 2 is 1.88 bits per heavy atom. The molecule has 1 saturated carbocycles. The van der Waals surface area contributed by atoms with Gasteiger partial charge in [-0.3, -0.25) is 9.36 Å². The molecule has 9 nitrogen and oxygen atoms in total. The second kappa shape index (κ2) is 9.45. The van der Waals surface area contributed by atoms with Crippen molar-refractivity contribution < 1.29 is 23.9 Å². The molecule has 0 radical (unpaired) electrons. The van der Waals surface area contributed by atoms with Gasteiger partial charge in [-0.25, -0.2) is 14.4 Å². The number of rotatable bonds is 8. The fourth-order valence-electron chi connectivity index (χ4n) is 3.47. The van der Waals surface area contributed by atoms with Crippen LogP contribution in [0.15, 0.2) is 40.6 Å². The zero-order valence-corrected chi connectivity index (χ0v) is 19.0. The highest BCUT2D eigenvalue weighted by atomic mass is 32.1. The number of aryl methyl sites for hydroxylation is 1. The van der Waals surface area contributed by atoms with Crippen molar-refractivity contribution in [1.29, 1.82) is 0 Å². The highest BCUT2D eigenvalue weighted by molar-refractivity contribution is 7.15. The van der Waals surface area contributed by atoms with Gasteiger partial charge in [-0.15, -0.1) is 11.3 Å². The largest absolute Gasteiger partial charge is 0.462 e. The summed E-state index contributed by atoms with van der Waals surface area (Å²) in [6.07, 6.45) is 3.61. The number of nitrogens with zero attached hydrogens (tertiary/aromatic N) is 1. The standard InChI is InChI=1S/C23H23N3O6S/c1-3-31-22(29)19-17(14-4-5-14)12-33-20(19)25-18(27)11-32-21(28)15-6-8-16(9-7-15)26-13(2)10-24-23(26)30/h6-10,12,14H,3-5,11H2,1-2H3,(H,24,30)(H,25,27). The van der Waals surface area contributed by atoms with Crippen molar-refractivity contribution in [1.82, 2.24) is 9.55 Å². The molecule has 33 heavy (non-hydrogen) atoms. The lowest BCUT2D eigenvalue weighted by atomic mass is 10.1. The summed E-state index contributed by atoms with van der Waals surface area (Å²) in [5.74, 6) is -1.38. The molecule has 0 atom stereocenters. The molecule has 1 fully saturated rings. The number of carbonyl (C=O) groups excluding carboxylic acids is 3. The van der Waals surface area contributed by atoms with E-state index in [2.05, 4.69) is 10.3 Å². The number of carbonyl (C=O) groups is 3. The summed E-state index contributed by atoms with van der Waals surface area (Å²) in [6, 6.07) is 6.29. The van der Waals surface area contributed by atoms with Gasteiger partial charge in [0, 0.05) is 11.9 Å². The van der Waals surface area contributed by atoms with Gasteiger partial charge >= 0.3 is 17.6 Å². The SMILES string of the molecule is CCOC(=O)c1c(C2CC2)csc1NC(=O)COC(=O)c1ccc(-n2c(C)c[nH]c2=O)cc1. The Bertz CT molecular complexity index is 1250. The zero-order valence-electron chi connectivity index (χ0n) is 18.2. The summed E-state index contributed by atoms with van der Waals surface area (Å²) in [7, 11) is 0. The van der Waals surface area contributed by atoms with Gasteiger partial charge in [-0.1, -0.05) is 0 Å². The predicted octanol–water partition coefficient (Wildman–Crippen LogP) is 3.39. The molecule has 0 unspecified atom stereocenters. The van der Waals surface area contributed by atoms with E-state index in [1.54, 1.807) is 32.2 Å². The van der Waals surface area contributed by atoms with Gasteiger partial charge in [0.05, 0.1) is 23.4 Å². The van der Waals surface area contributed by atoms with Gasteiger partial charge in [0.15, 0.2) is 6.61 Å². The number of hydrogen-bond acceptors (Lipinski definition) is 7. The molecular formula is C23H23N3O6S. The van der Waals surface area contributed by atoms with Crippen molar-refractivity contribution in [3.63, 3.8) is 0 Å². The first-order valence-electron chi connectivity index (χ1n) is 10.5. The minimum absolute atomic E-state index is 0.237. The number of aromatic nitrogens is 2. The van der Waals surface area contributed by atoms with Crippen LogP contribution in [-0.2, 0) is 14.3 Å². The van der Waals surface area contributed by atoms with Crippen LogP contribution < -0.4 is 11.0 Å². The lowest BCUT2D eigenvalue weighted by Crippen LogP contribution is -2.22. The number of hydrogen-bond donors (Lipinski definition) is 2. The molecule has 172 valence electrons. The van der Waals surface area contributed by atoms with Gasteiger partial charge < -0.3 is 19.8 Å². The van der Waals surface area contributed by atoms with Gasteiger partial charge in [0.25, 0.3) is 5.91 Å². The number of amides is 1. The average Bonchev–Trinajstić information content (AvgIpc) is 3.48. The van der Waals surface area contributed by atoms with E-state index in [9.17, 15) is 19.2 Å². The lowest BCUT2D eigenvalue weighted by molar-refractivity contribution is -0.119. The first kappa shape index (κ1) is 22.5. The zero-order chi connectivity index (χ0) is 23.5. The maximum Gasteiger partial charge on any atom is 0.341 e. The van der Waals surface area contributed by atoms with E-state index >= 15 is 0 Å². The van der Waals surface area contributed by atoms with Crippen LogP contribution in [0.25, 0.3) is 5.69 Å². The van der Waals surface area contributed by atoms with E-state index in [1.807, 2.05) is 5.38 Å². The highest BCUT2D eigenvalue weighted by Crippen LogP contribution is 2.46. The molecule has 0 aliphatic heterocycles. The summed E-state index contributed by atoms with van der Waals surface area (Å²) in [5.41, 5.74) is 2.57. The number of H-pyrrole nitrogens is 1. The number of anilines is 1. The number of esters is 2. The molecule has 2 N–H and O–H groups in total. The number of ether oxygens (including phenoxy) is 2. The molecule has 1 amide bonds. The van der Waals surface area contributed by atoms with E-state index in [0.717, 1.165) is 24.1 Å². The predicted molar refractivity (Wildman–Crippen MR) is 122 cm³/mol. The summed E-state index contributed by atoms with van der Waals surface area (Å²) >= 11 is 1.26. The summed E-state index contributed by atoms with van der Waals surface area (Å²) < 4.78 is 11.7. The third kappa shape index (κ3) is 4.90. The molecule has 2 heterocycles. The van der Waals surface area contributed by atoms with E-state index in [1.165, 1.54) is 28.0 Å². The van der Waals surface area contributed by atoms with E-state index in [0.29, 0.717) is 22.2 Å². The quantitative estimate of drug-likeness (QED) is 0.488. The molecule has 2 aromatic heterocycles. The van der Waals surface area contributed by atoms with Crippen LogP contribution in [0.2, 0.25) is 0 Å². The van der Waals surface area contributed by atoms with Crippen LogP contribution in [-0.4, -0.2) is 40.6 Å². The van der Waals surface area contributed by atoms with Gasteiger partial charge in [0.1, 0.15) is 5.00 Å². The monoisotopic (exact) mass is 469 g/mol. The minimum Gasteiger partial charge on any atom is -0.462 e. The van der Waals surface area contributed by atoms with Crippen LogP contribution in [0.1, 0.15) is 57.7 Å². The van der Waals surface area contributed by atoms with E-state index < -0.39 is 24.5 Å². The molecule has 0 saturated heterocycles. The maximum atomic E-state index is 12.4. The van der Waals surface area contributed by atoms with Crippen LogP contribution in [0.4, 0.5) is 5.00 Å². The van der Waals surface area contributed by atoms with E-state index in [-0.39, 0.29) is 17.9 Å². The Hall–Kier alpha value is -3.66. The van der Waals surface area contributed by atoms with Crippen molar-refractivity contribution in [2.24, 2.45) is 0 Å². The van der Waals surface area contributed by atoms with E-state index in [4.69, 9.17) is 9.47 Å². The fraction of sp³-hybridized carbons (Fsp3) is 0.304. The number of benzene rings is 1. The van der Waals surface area contributed by atoms with Gasteiger partial charge in [-0.2, -0.15) is 0 Å². The summed E-state index contributed by atoms with van der Waals surface area (Å²) in [6.45, 7) is 3.24. The molecule has 0 spiro atoms. The van der Waals surface area contributed by atoms with Crippen molar-refractivity contribution in [2.75, 3.05) is 18.5 Å². The normalized spacial score (nSPS) is 12.9. The van der Waals surface area contributed by atoms with Crippen LogP contribution in [0.5, 0.6) is 0 Å². The number of nitrogens with one attached hydrogen (secondary N) is 2. The Labute approximate surface area is 193 Å². The first-order chi connectivity index (χ1) is 15.9. The molecule has 1 aliphatic rings. The fourth-order valence-corrected chi connectivity index (χ4v) is 4.52. The highest BCUT2D eigenvalue weighted by Gasteiger charge is 2.32. The number of aromatic amines is 1. The van der Waals surface area contributed by atoms with Crippen LogP contribution in [0.3, 0.4) is 0 Å². The second-order valence-electron chi connectivity index (χ2n) is 7.63. The van der Waals surface area contributed by atoms with Crippen LogP contribution >= 0.6 is 11.3 Å². The summed E-state index contributed by atoms with van der Waals surface area (Å²) in [5, 5.41) is 4.92. The Kier molecular flexibility index (Phi) is 6.45. The molecule has 1 aromatic carbocycles. The third-order valence-electron chi connectivity index (χ3n) is 5.23. The van der Waals surface area contributed by atoms with Crippen molar-refractivity contribution in [3.8, 4) is 5.69 Å². The van der Waals surface area contributed by atoms with Crippen molar-refractivity contribution in [2.45, 2.75) is 32.6 Å². The molecule has 10 heteroatoms.